The van der Waals surface area contributed by atoms with E-state index in [4.69, 9.17) is 83.8 Å². The lowest BCUT2D eigenvalue weighted by Crippen LogP contribution is -2.01. The van der Waals surface area contributed by atoms with E-state index in [1.165, 1.54) is 7.11 Å². The van der Waals surface area contributed by atoms with E-state index in [-0.39, 0.29) is 30.9 Å². The summed E-state index contributed by atoms with van der Waals surface area (Å²) in [7, 11) is 1.53. The van der Waals surface area contributed by atoms with Crippen LogP contribution in [0.15, 0.2) is 18.2 Å². The SMILES string of the molecule is COc1cc(C(=O)Cl)ccc1OCCCCCCCCCCOc1c(Cl)c(Cl)c(Cl)c(Cl)c1Cl. The van der Waals surface area contributed by atoms with Crippen molar-refractivity contribution >= 4 is 74.8 Å². The molecular weight excluding hydrogens is 565 g/mol. The summed E-state index contributed by atoms with van der Waals surface area (Å²) in [5, 5.41) is 0.214. The molecule has 188 valence electrons. The van der Waals surface area contributed by atoms with Gasteiger partial charge in [0.15, 0.2) is 17.2 Å². The van der Waals surface area contributed by atoms with Crippen LogP contribution in [-0.2, 0) is 0 Å². The van der Waals surface area contributed by atoms with Crippen molar-refractivity contribution in [1.29, 1.82) is 0 Å². The molecule has 0 aliphatic rings. The van der Waals surface area contributed by atoms with Crippen LogP contribution < -0.4 is 14.2 Å². The first kappa shape index (κ1) is 29.5. The minimum atomic E-state index is -0.525. The second-order valence-electron chi connectivity index (χ2n) is 7.56. The average molecular weight is 591 g/mol. The molecule has 0 atom stereocenters. The number of carbonyl (C=O) groups excluding carboxylic acids is 1. The summed E-state index contributed by atoms with van der Waals surface area (Å²) in [5.74, 6) is 1.38. The van der Waals surface area contributed by atoms with Crippen LogP contribution in [0.4, 0.5) is 0 Å². The van der Waals surface area contributed by atoms with Gasteiger partial charge in [0.1, 0.15) is 10.0 Å². The lowest BCUT2D eigenvalue weighted by molar-refractivity contribution is 0.108. The van der Waals surface area contributed by atoms with Crippen molar-refractivity contribution in [1.82, 2.24) is 0 Å². The normalized spacial score (nSPS) is 10.9. The largest absolute Gasteiger partial charge is 0.493 e. The zero-order valence-electron chi connectivity index (χ0n) is 18.7. The van der Waals surface area contributed by atoms with Gasteiger partial charge >= 0.3 is 0 Å². The van der Waals surface area contributed by atoms with Gasteiger partial charge in [-0.05, 0) is 42.6 Å². The molecule has 0 unspecified atom stereocenters. The third-order valence-electron chi connectivity index (χ3n) is 5.10. The lowest BCUT2D eigenvalue weighted by atomic mass is 10.1. The second-order valence-corrected chi connectivity index (χ2v) is 9.80. The Hall–Kier alpha value is -0.750. The van der Waals surface area contributed by atoms with Gasteiger partial charge in [-0.3, -0.25) is 4.79 Å². The zero-order valence-corrected chi connectivity index (χ0v) is 23.2. The molecule has 2 rings (SSSR count). The molecule has 2 aromatic rings. The maximum absolute atomic E-state index is 11.2. The molecule has 0 saturated carbocycles. The molecule has 2 aromatic carbocycles. The number of carbonyl (C=O) groups is 1. The van der Waals surface area contributed by atoms with Crippen LogP contribution in [0.5, 0.6) is 17.2 Å². The Kier molecular flexibility index (Phi) is 13.3. The Morgan fingerprint density at radius 2 is 1.15 bits per heavy atom. The molecule has 0 radical (unpaired) electrons. The van der Waals surface area contributed by atoms with Gasteiger partial charge in [-0.15, -0.1) is 0 Å². The molecule has 0 amide bonds. The summed E-state index contributed by atoms with van der Waals surface area (Å²) in [6.45, 7) is 1.06. The number of ether oxygens (including phenoxy) is 3. The minimum absolute atomic E-state index is 0.121. The van der Waals surface area contributed by atoms with Crippen LogP contribution in [0.25, 0.3) is 0 Å². The molecule has 0 aliphatic carbocycles. The van der Waals surface area contributed by atoms with Crippen molar-refractivity contribution in [2.75, 3.05) is 20.3 Å². The number of unbranched alkanes of at least 4 members (excludes halogenated alkanes) is 7. The summed E-state index contributed by atoms with van der Waals surface area (Å²) in [6.07, 6.45) is 8.51. The topological polar surface area (TPSA) is 44.8 Å². The highest BCUT2D eigenvalue weighted by Crippen LogP contribution is 2.48. The molecule has 10 heteroatoms. The van der Waals surface area contributed by atoms with E-state index in [9.17, 15) is 4.79 Å². The Balaban J connectivity index is 1.54. The molecule has 4 nitrogen and oxygen atoms in total. The van der Waals surface area contributed by atoms with Gasteiger partial charge in [0.2, 0.25) is 0 Å². The number of halogens is 6. The van der Waals surface area contributed by atoms with E-state index < -0.39 is 5.24 Å². The molecule has 0 aliphatic heterocycles. The van der Waals surface area contributed by atoms with Gasteiger partial charge in [0.05, 0.1) is 35.4 Å². The number of rotatable bonds is 15. The average Bonchev–Trinajstić information content (AvgIpc) is 2.83. The summed E-state index contributed by atoms with van der Waals surface area (Å²) in [5.41, 5.74) is 0.379. The first-order valence-corrected chi connectivity index (χ1v) is 13.2. The van der Waals surface area contributed by atoms with Crippen molar-refractivity contribution in [3.8, 4) is 17.2 Å². The molecule has 0 aromatic heterocycles. The smallest absolute Gasteiger partial charge is 0.252 e. The fraction of sp³-hybridized carbons (Fsp3) is 0.458. The summed E-state index contributed by atoms with van der Waals surface area (Å²) >= 11 is 35.9. The van der Waals surface area contributed by atoms with Crippen molar-refractivity contribution < 1.29 is 19.0 Å². The van der Waals surface area contributed by atoms with Crippen molar-refractivity contribution in [2.24, 2.45) is 0 Å². The van der Waals surface area contributed by atoms with Gasteiger partial charge in [0, 0.05) is 5.56 Å². The highest BCUT2D eigenvalue weighted by Gasteiger charge is 2.20. The standard InChI is InChI=1S/C24H26Cl6O4/c1-32-17-14-15(24(30)31)10-11-16(17)33-12-8-6-4-2-3-5-7-9-13-34-23-21(28)19(26)18(25)20(27)22(23)29/h10-11,14H,2-9,12-13H2,1H3. The third-order valence-corrected chi connectivity index (χ3v) is 7.56. The van der Waals surface area contributed by atoms with Crippen LogP contribution in [0.2, 0.25) is 25.1 Å². The highest BCUT2D eigenvalue weighted by atomic mass is 35.5. The van der Waals surface area contributed by atoms with Crippen LogP contribution in [0.1, 0.15) is 61.7 Å². The first-order valence-electron chi connectivity index (χ1n) is 10.9. The summed E-state index contributed by atoms with van der Waals surface area (Å²) in [6, 6.07) is 4.91. The quantitative estimate of drug-likeness (QED) is 0.0896. The van der Waals surface area contributed by atoms with Gasteiger partial charge in [-0.1, -0.05) is 96.5 Å². The zero-order chi connectivity index (χ0) is 25.1. The molecule has 0 fully saturated rings. The fourth-order valence-corrected chi connectivity index (χ4v) is 4.59. The predicted molar refractivity (Wildman–Crippen MR) is 143 cm³/mol. The van der Waals surface area contributed by atoms with Gasteiger partial charge in [-0.2, -0.15) is 0 Å². The van der Waals surface area contributed by atoms with E-state index in [0.29, 0.717) is 30.3 Å². The minimum Gasteiger partial charge on any atom is -0.493 e. The molecule has 0 spiro atoms. The van der Waals surface area contributed by atoms with E-state index >= 15 is 0 Å². The van der Waals surface area contributed by atoms with E-state index in [2.05, 4.69) is 0 Å². The number of methoxy groups -OCH3 is 1. The highest BCUT2D eigenvalue weighted by molar-refractivity contribution is 6.67. The van der Waals surface area contributed by atoms with Crippen molar-refractivity contribution in [2.45, 2.75) is 51.4 Å². The Labute approximate surface area is 230 Å². The monoisotopic (exact) mass is 588 g/mol. The number of benzene rings is 2. The molecule has 0 N–H and O–H groups in total. The van der Waals surface area contributed by atoms with Gasteiger partial charge in [0.25, 0.3) is 5.24 Å². The van der Waals surface area contributed by atoms with Gasteiger partial charge < -0.3 is 14.2 Å². The van der Waals surface area contributed by atoms with E-state index in [1.54, 1.807) is 18.2 Å². The summed E-state index contributed by atoms with van der Waals surface area (Å²) in [4.78, 5) is 11.2. The number of hydrogen-bond donors (Lipinski definition) is 0. The van der Waals surface area contributed by atoms with Gasteiger partial charge in [-0.25, -0.2) is 0 Å². The van der Waals surface area contributed by atoms with Crippen LogP contribution in [0.3, 0.4) is 0 Å². The van der Waals surface area contributed by atoms with Crippen molar-refractivity contribution in [3.05, 3.63) is 48.9 Å². The predicted octanol–water partition coefficient (Wildman–Crippen LogP) is 9.92. The number of hydrogen-bond acceptors (Lipinski definition) is 4. The molecule has 0 heterocycles. The second kappa shape index (κ2) is 15.4. The Morgan fingerprint density at radius 3 is 1.65 bits per heavy atom. The molecule has 0 saturated heterocycles. The maximum atomic E-state index is 11.2. The first-order chi connectivity index (χ1) is 16.3. The third kappa shape index (κ3) is 8.72. The van der Waals surface area contributed by atoms with Crippen LogP contribution in [-0.4, -0.2) is 25.6 Å². The molecule has 0 bridgehead atoms. The van der Waals surface area contributed by atoms with E-state index in [0.717, 1.165) is 51.4 Å². The van der Waals surface area contributed by atoms with Crippen LogP contribution >= 0.6 is 69.6 Å². The maximum Gasteiger partial charge on any atom is 0.252 e. The van der Waals surface area contributed by atoms with E-state index in [1.807, 2.05) is 0 Å². The molecular formula is C24H26Cl6O4. The Bertz CT molecular complexity index is 938. The molecule has 34 heavy (non-hydrogen) atoms. The Morgan fingerprint density at radius 1 is 0.676 bits per heavy atom. The van der Waals surface area contributed by atoms with Crippen molar-refractivity contribution in [3.63, 3.8) is 0 Å². The summed E-state index contributed by atoms with van der Waals surface area (Å²) < 4.78 is 16.7. The lowest BCUT2D eigenvalue weighted by Gasteiger charge is -2.13. The van der Waals surface area contributed by atoms with Crippen LogP contribution in [0, 0.1) is 0 Å². The fourth-order valence-electron chi connectivity index (χ4n) is 3.24.